The second-order valence-corrected chi connectivity index (χ2v) is 4.89. The molecule has 15 heavy (non-hydrogen) atoms. The van der Waals surface area contributed by atoms with E-state index < -0.39 is 0 Å². The molecular formula is C11H18N4. The number of likely N-dealkylation sites (tertiary alicyclic amines) is 1. The lowest BCUT2D eigenvalue weighted by molar-refractivity contribution is 0.305. The Hall–Kier alpha value is -0.870. The topological polar surface area (TPSA) is 33.1 Å². The second kappa shape index (κ2) is 3.61. The van der Waals surface area contributed by atoms with Crippen molar-refractivity contribution < 1.29 is 0 Å². The molecule has 2 aliphatic heterocycles. The first kappa shape index (κ1) is 9.36. The Balaban J connectivity index is 1.61. The van der Waals surface area contributed by atoms with Crippen molar-refractivity contribution >= 4 is 0 Å². The van der Waals surface area contributed by atoms with Crippen molar-refractivity contribution in [3.8, 4) is 0 Å². The van der Waals surface area contributed by atoms with E-state index in [2.05, 4.69) is 21.5 Å². The number of aryl methyl sites for hydroxylation is 1. The molecule has 4 heteroatoms. The zero-order chi connectivity index (χ0) is 10.3. The zero-order valence-electron chi connectivity index (χ0n) is 9.19. The fourth-order valence-electron chi connectivity index (χ4n) is 2.89. The van der Waals surface area contributed by atoms with Crippen LogP contribution in [0.4, 0.5) is 0 Å². The van der Waals surface area contributed by atoms with Gasteiger partial charge in [-0.15, -0.1) is 0 Å². The number of hydrogen-bond donors (Lipinski definition) is 1. The monoisotopic (exact) mass is 206 g/mol. The summed E-state index contributed by atoms with van der Waals surface area (Å²) in [6, 6.07) is 0. The Morgan fingerprint density at radius 2 is 2.13 bits per heavy atom. The lowest BCUT2D eigenvalue weighted by Gasteiger charge is -2.15. The summed E-state index contributed by atoms with van der Waals surface area (Å²) in [6.45, 7) is 6.02. The summed E-state index contributed by atoms with van der Waals surface area (Å²) in [6.07, 6.45) is 4.10. The van der Waals surface area contributed by atoms with Gasteiger partial charge in [0, 0.05) is 38.4 Å². The highest BCUT2D eigenvalue weighted by molar-refractivity contribution is 5.04. The highest BCUT2D eigenvalue weighted by atomic mass is 15.2. The average Bonchev–Trinajstić information content (AvgIpc) is 2.81. The first-order valence-corrected chi connectivity index (χ1v) is 5.72. The van der Waals surface area contributed by atoms with E-state index in [0.29, 0.717) is 0 Å². The van der Waals surface area contributed by atoms with Crippen molar-refractivity contribution in [1.82, 2.24) is 20.0 Å². The van der Waals surface area contributed by atoms with Gasteiger partial charge in [-0.25, -0.2) is 0 Å². The van der Waals surface area contributed by atoms with Crippen molar-refractivity contribution in [2.24, 2.45) is 18.9 Å². The standard InChI is InChI=1S/C11H18N4/c1-14-5-9(2-13-14)6-15-7-10-3-12-4-11(10)8-15/h2,5,10-12H,3-4,6-8H2,1H3. The number of nitrogens with zero attached hydrogens (tertiary/aromatic N) is 3. The number of hydrogen-bond acceptors (Lipinski definition) is 3. The molecule has 1 aromatic heterocycles. The predicted molar refractivity (Wildman–Crippen MR) is 58.3 cm³/mol. The van der Waals surface area contributed by atoms with Gasteiger partial charge in [-0.1, -0.05) is 0 Å². The molecule has 4 nitrogen and oxygen atoms in total. The van der Waals surface area contributed by atoms with Crippen LogP contribution in [-0.4, -0.2) is 40.9 Å². The molecule has 1 N–H and O–H groups in total. The molecule has 2 fully saturated rings. The van der Waals surface area contributed by atoms with Crippen LogP contribution < -0.4 is 5.32 Å². The minimum absolute atomic E-state index is 0.890. The Kier molecular flexibility index (Phi) is 2.25. The van der Waals surface area contributed by atoms with Crippen LogP contribution in [0.5, 0.6) is 0 Å². The molecule has 2 aliphatic rings. The second-order valence-electron chi connectivity index (χ2n) is 4.89. The largest absolute Gasteiger partial charge is 0.316 e. The van der Waals surface area contributed by atoms with E-state index in [-0.39, 0.29) is 0 Å². The summed E-state index contributed by atoms with van der Waals surface area (Å²) in [5, 5.41) is 7.68. The quantitative estimate of drug-likeness (QED) is 0.743. The summed E-state index contributed by atoms with van der Waals surface area (Å²) < 4.78 is 1.88. The molecular weight excluding hydrogens is 188 g/mol. The van der Waals surface area contributed by atoms with Gasteiger partial charge in [0.25, 0.3) is 0 Å². The molecule has 0 aliphatic carbocycles. The fourth-order valence-corrected chi connectivity index (χ4v) is 2.89. The van der Waals surface area contributed by atoms with Gasteiger partial charge in [0.1, 0.15) is 0 Å². The minimum Gasteiger partial charge on any atom is -0.316 e. The van der Waals surface area contributed by atoms with Crippen molar-refractivity contribution in [2.45, 2.75) is 6.54 Å². The Morgan fingerprint density at radius 3 is 2.73 bits per heavy atom. The SMILES string of the molecule is Cn1cc(CN2CC3CNCC3C2)cn1. The molecule has 82 valence electrons. The Labute approximate surface area is 90.3 Å². The van der Waals surface area contributed by atoms with Crippen LogP contribution in [0.1, 0.15) is 5.56 Å². The number of aromatic nitrogens is 2. The Morgan fingerprint density at radius 1 is 1.40 bits per heavy atom. The molecule has 0 radical (unpaired) electrons. The van der Waals surface area contributed by atoms with Crippen molar-refractivity contribution in [3.05, 3.63) is 18.0 Å². The third-order valence-electron chi connectivity index (χ3n) is 3.63. The first-order valence-electron chi connectivity index (χ1n) is 5.72. The van der Waals surface area contributed by atoms with Crippen LogP contribution in [0.25, 0.3) is 0 Å². The van der Waals surface area contributed by atoms with Gasteiger partial charge in [0.15, 0.2) is 0 Å². The van der Waals surface area contributed by atoms with Crippen LogP contribution in [0.15, 0.2) is 12.4 Å². The normalized spacial score (nSPS) is 31.0. The maximum absolute atomic E-state index is 4.21. The van der Waals surface area contributed by atoms with Gasteiger partial charge in [-0.3, -0.25) is 9.58 Å². The minimum atomic E-state index is 0.890. The van der Waals surface area contributed by atoms with Gasteiger partial charge in [0.2, 0.25) is 0 Å². The lowest BCUT2D eigenvalue weighted by Crippen LogP contribution is -2.25. The molecule has 0 saturated carbocycles. The van der Waals surface area contributed by atoms with Crippen LogP contribution in [0, 0.1) is 11.8 Å². The highest BCUT2D eigenvalue weighted by Crippen LogP contribution is 2.27. The molecule has 3 rings (SSSR count). The highest BCUT2D eigenvalue weighted by Gasteiger charge is 2.35. The fraction of sp³-hybridized carbons (Fsp3) is 0.727. The van der Waals surface area contributed by atoms with Gasteiger partial charge in [-0.05, 0) is 24.9 Å². The average molecular weight is 206 g/mol. The summed E-state index contributed by atoms with van der Waals surface area (Å²) >= 11 is 0. The van der Waals surface area contributed by atoms with Crippen LogP contribution in [0.3, 0.4) is 0 Å². The summed E-state index contributed by atoms with van der Waals surface area (Å²) in [5.74, 6) is 1.78. The van der Waals surface area contributed by atoms with Crippen LogP contribution in [-0.2, 0) is 13.6 Å². The number of nitrogens with one attached hydrogen (secondary N) is 1. The van der Waals surface area contributed by atoms with E-state index >= 15 is 0 Å². The van der Waals surface area contributed by atoms with Gasteiger partial charge in [0.05, 0.1) is 6.20 Å². The van der Waals surface area contributed by atoms with Crippen molar-refractivity contribution in [1.29, 1.82) is 0 Å². The Bertz CT molecular complexity index is 334. The van der Waals surface area contributed by atoms with Gasteiger partial charge < -0.3 is 5.32 Å². The van der Waals surface area contributed by atoms with E-state index in [0.717, 1.165) is 18.4 Å². The third-order valence-corrected chi connectivity index (χ3v) is 3.63. The zero-order valence-corrected chi connectivity index (χ0v) is 9.19. The molecule has 0 bridgehead atoms. The number of fused-ring (bicyclic) bond motifs is 1. The van der Waals surface area contributed by atoms with Crippen molar-refractivity contribution in [2.75, 3.05) is 26.2 Å². The maximum atomic E-state index is 4.21. The van der Waals surface area contributed by atoms with Crippen molar-refractivity contribution in [3.63, 3.8) is 0 Å². The molecule has 1 aromatic rings. The van der Waals surface area contributed by atoms with Crippen LogP contribution >= 0.6 is 0 Å². The maximum Gasteiger partial charge on any atom is 0.0534 e. The summed E-state index contributed by atoms with van der Waals surface area (Å²) in [5.41, 5.74) is 1.34. The van der Waals surface area contributed by atoms with E-state index in [1.54, 1.807) is 0 Å². The third kappa shape index (κ3) is 1.79. The summed E-state index contributed by atoms with van der Waals surface area (Å²) in [4.78, 5) is 2.56. The molecule has 3 heterocycles. The summed E-state index contributed by atoms with van der Waals surface area (Å²) in [7, 11) is 1.98. The van der Waals surface area contributed by atoms with E-state index in [9.17, 15) is 0 Å². The molecule has 0 spiro atoms. The first-order chi connectivity index (χ1) is 7.31. The molecule has 2 saturated heterocycles. The smallest absolute Gasteiger partial charge is 0.0534 e. The van der Waals surface area contributed by atoms with Crippen LogP contribution in [0.2, 0.25) is 0 Å². The molecule has 0 aromatic carbocycles. The predicted octanol–water partition coefficient (Wildman–Crippen LogP) is 0.0713. The van der Waals surface area contributed by atoms with E-state index in [1.807, 2.05) is 17.9 Å². The molecule has 2 atom stereocenters. The lowest BCUT2D eigenvalue weighted by atomic mass is 10.0. The molecule has 0 amide bonds. The number of rotatable bonds is 2. The van der Waals surface area contributed by atoms with Gasteiger partial charge in [-0.2, -0.15) is 5.10 Å². The van der Waals surface area contributed by atoms with Gasteiger partial charge >= 0.3 is 0 Å². The van der Waals surface area contributed by atoms with E-state index in [1.165, 1.54) is 31.7 Å². The molecule has 2 unspecified atom stereocenters. The van der Waals surface area contributed by atoms with E-state index in [4.69, 9.17) is 0 Å².